The third-order valence-corrected chi connectivity index (χ3v) is 8.32. The Morgan fingerprint density at radius 2 is 1.70 bits per heavy atom. The molecule has 3 rings (SSSR count). The summed E-state index contributed by atoms with van der Waals surface area (Å²) in [6.07, 6.45) is 1.85. The summed E-state index contributed by atoms with van der Waals surface area (Å²) in [6.45, 7) is 3.03. The van der Waals surface area contributed by atoms with E-state index in [4.69, 9.17) is 9.47 Å². The van der Waals surface area contributed by atoms with Crippen LogP contribution >= 0.6 is 0 Å². The molecule has 0 aliphatic carbocycles. The number of methoxy groups -OCH3 is 2. The maximum Gasteiger partial charge on any atom is 0.265 e. The lowest BCUT2D eigenvalue weighted by Crippen LogP contribution is -2.39. The number of sulfonamides is 2. The molecule has 1 atom stereocenters. The van der Waals surface area contributed by atoms with Gasteiger partial charge in [-0.25, -0.2) is 16.8 Å². The van der Waals surface area contributed by atoms with Crippen molar-refractivity contribution < 1.29 is 26.3 Å². The Morgan fingerprint density at radius 1 is 1.00 bits per heavy atom. The predicted octanol–water partition coefficient (Wildman–Crippen LogP) is 2.93. The van der Waals surface area contributed by atoms with E-state index in [0.29, 0.717) is 24.8 Å². The molecule has 0 spiro atoms. The highest BCUT2D eigenvalue weighted by molar-refractivity contribution is 7.92. The Morgan fingerprint density at radius 3 is 2.30 bits per heavy atom. The Kier molecular flexibility index (Phi) is 6.59. The van der Waals surface area contributed by atoms with Gasteiger partial charge in [0, 0.05) is 24.8 Å². The summed E-state index contributed by atoms with van der Waals surface area (Å²) in [7, 11) is -4.71. The average molecular weight is 455 g/mol. The van der Waals surface area contributed by atoms with Crippen LogP contribution in [0.3, 0.4) is 0 Å². The number of piperidine rings is 1. The van der Waals surface area contributed by atoms with Crippen LogP contribution in [0.2, 0.25) is 0 Å². The molecule has 0 amide bonds. The number of ether oxygens (including phenoxy) is 2. The Bertz CT molecular complexity index is 1100. The zero-order valence-electron chi connectivity index (χ0n) is 17.2. The molecule has 1 unspecified atom stereocenters. The van der Waals surface area contributed by atoms with Crippen LogP contribution in [0.4, 0.5) is 5.69 Å². The van der Waals surface area contributed by atoms with Crippen molar-refractivity contribution in [2.45, 2.75) is 29.6 Å². The van der Waals surface area contributed by atoms with Crippen molar-refractivity contribution in [3.63, 3.8) is 0 Å². The molecule has 0 saturated carbocycles. The van der Waals surface area contributed by atoms with Crippen LogP contribution in [0.15, 0.2) is 52.3 Å². The van der Waals surface area contributed by atoms with Gasteiger partial charge in [-0.2, -0.15) is 4.31 Å². The second-order valence-electron chi connectivity index (χ2n) is 7.26. The molecule has 8 nitrogen and oxygen atoms in total. The van der Waals surface area contributed by atoms with E-state index in [0.717, 1.165) is 12.8 Å². The highest BCUT2D eigenvalue weighted by atomic mass is 32.2. The SMILES string of the molecule is COc1ccc(S(=O)(=O)Nc2ccc(S(=O)(=O)N3CCCC(C)C3)cc2)c(OC)c1. The summed E-state index contributed by atoms with van der Waals surface area (Å²) >= 11 is 0. The number of anilines is 1. The molecule has 1 fully saturated rings. The van der Waals surface area contributed by atoms with Crippen molar-refractivity contribution in [2.24, 2.45) is 5.92 Å². The first kappa shape index (κ1) is 22.4. The van der Waals surface area contributed by atoms with Crippen molar-refractivity contribution in [2.75, 3.05) is 32.0 Å². The van der Waals surface area contributed by atoms with E-state index in [1.165, 1.54) is 61.0 Å². The molecule has 164 valence electrons. The van der Waals surface area contributed by atoms with Crippen LogP contribution < -0.4 is 14.2 Å². The van der Waals surface area contributed by atoms with Gasteiger partial charge in [-0.05, 0) is 55.2 Å². The van der Waals surface area contributed by atoms with Gasteiger partial charge < -0.3 is 9.47 Å². The molecule has 1 N–H and O–H groups in total. The van der Waals surface area contributed by atoms with E-state index in [-0.39, 0.29) is 21.2 Å². The lowest BCUT2D eigenvalue weighted by atomic mass is 10.0. The Hall–Kier alpha value is -2.30. The monoisotopic (exact) mass is 454 g/mol. The van der Waals surface area contributed by atoms with Crippen molar-refractivity contribution in [3.05, 3.63) is 42.5 Å². The topological polar surface area (TPSA) is 102 Å². The summed E-state index contributed by atoms with van der Waals surface area (Å²) in [4.78, 5) is 0.0892. The van der Waals surface area contributed by atoms with Crippen LogP contribution in [0, 0.1) is 5.92 Å². The van der Waals surface area contributed by atoms with Crippen molar-refractivity contribution >= 4 is 25.7 Å². The Balaban J connectivity index is 1.82. The van der Waals surface area contributed by atoms with Gasteiger partial charge >= 0.3 is 0 Å². The van der Waals surface area contributed by atoms with Gasteiger partial charge in [0.2, 0.25) is 10.0 Å². The van der Waals surface area contributed by atoms with Crippen LogP contribution in [0.25, 0.3) is 0 Å². The van der Waals surface area contributed by atoms with Gasteiger partial charge in [-0.1, -0.05) is 6.92 Å². The largest absolute Gasteiger partial charge is 0.497 e. The second-order valence-corrected chi connectivity index (χ2v) is 10.8. The minimum atomic E-state index is -3.95. The maximum atomic E-state index is 12.9. The molecular formula is C20H26N2O6S2. The first-order valence-corrected chi connectivity index (χ1v) is 12.4. The molecule has 1 heterocycles. The van der Waals surface area contributed by atoms with E-state index >= 15 is 0 Å². The normalized spacial score (nSPS) is 18.0. The minimum Gasteiger partial charge on any atom is -0.497 e. The van der Waals surface area contributed by atoms with Crippen LogP contribution in [-0.4, -0.2) is 48.4 Å². The second kappa shape index (κ2) is 8.83. The molecule has 30 heavy (non-hydrogen) atoms. The molecular weight excluding hydrogens is 428 g/mol. The summed E-state index contributed by atoms with van der Waals surface area (Å²) in [5.74, 6) is 0.923. The van der Waals surface area contributed by atoms with Crippen LogP contribution in [0.5, 0.6) is 11.5 Å². The third-order valence-electron chi connectivity index (χ3n) is 5.02. The molecule has 10 heteroatoms. The summed E-state index contributed by atoms with van der Waals surface area (Å²) in [5, 5.41) is 0. The zero-order chi connectivity index (χ0) is 21.9. The van der Waals surface area contributed by atoms with Gasteiger partial charge in [0.05, 0.1) is 19.1 Å². The zero-order valence-corrected chi connectivity index (χ0v) is 18.8. The van der Waals surface area contributed by atoms with E-state index in [1.807, 2.05) is 6.92 Å². The number of hydrogen-bond donors (Lipinski definition) is 1. The molecule has 2 aromatic carbocycles. The Labute approximate surface area is 177 Å². The molecule has 1 aliphatic heterocycles. The highest BCUT2D eigenvalue weighted by Gasteiger charge is 2.28. The first-order valence-electron chi connectivity index (χ1n) is 9.52. The molecule has 0 aromatic heterocycles. The predicted molar refractivity (Wildman–Crippen MR) is 114 cm³/mol. The number of hydrogen-bond acceptors (Lipinski definition) is 6. The lowest BCUT2D eigenvalue weighted by molar-refractivity contribution is 0.281. The average Bonchev–Trinajstić information content (AvgIpc) is 2.73. The molecule has 0 radical (unpaired) electrons. The molecule has 0 bridgehead atoms. The fourth-order valence-electron chi connectivity index (χ4n) is 3.42. The fourth-order valence-corrected chi connectivity index (χ4v) is 6.22. The number of nitrogens with one attached hydrogen (secondary N) is 1. The van der Waals surface area contributed by atoms with E-state index in [2.05, 4.69) is 4.72 Å². The smallest absolute Gasteiger partial charge is 0.265 e. The molecule has 1 saturated heterocycles. The van der Waals surface area contributed by atoms with Crippen molar-refractivity contribution in [1.29, 1.82) is 0 Å². The number of rotatable bonds is 7. The fraction of sp³-hybridized carbons (Fsp3) is 0.400. The minimum absolute atomic E-state index is 0.0511. The van der Waals surface area contributed by atoms with Crippen molar-refractivity contribution in [1.82, 2.24) is 4.31 Å². The van der Waals surface area contributed by atoms with Crippen molar-refractivity contribution in [3.8, 4) is 11.5 Å². The molecule has 2 aromatic rings. The number of nitrogens with zero attached hydrogens (tertiary/aromatic N) is 1. The highest BCUT2D eigenvalue weighted by Crippen LogP contribution is 2.30. The first-order chi connectivity index (χ1) is 14.2. The summed E-state index contributed by atoms with van der Waals surface area (Å²) in [5.41, 5.74) is 0.249. The van der Waals surface area contributed by atoms with Crippen LogP contribution in [0.1, 0.15) is 19.8 Å². The number of benzene rings is 2. The standard InChI is InChI=1S/C20H26N2O6S2/c1-15-5-4-12-22(14-15)30(25,26)18-9-6-16(7-10-18)21-29(23,24)20-11-8-17(27-2)13-19(20)28-3/h6-11,13,15,21H,4-5,12,14H2,1-3H3. The lowest BCUT2D eigenvalue weighted by Gasteiger charge is -2.30. The van der Waals surface area contributed by atoms with Gasteiger partial charge in [-0.15, -0.1) is 0 Å². The quantitative estimate of drug-likeness (QED) is 0.690. The van der Waals surface area contributed by atoms with E-state index in [1.54, 1.807) is 0 Å². The summed E-state index contributed by atoms with van der Waals surface area (Å²) < 4.78 is 65.5. The maximum absolute atomic E-state index is 12.9. The van der Waals surface area contributed by atoms with Gasteiger partial charge in [0.15, 0.2) is 0 Å². The third kappa shape index (κ3) is 4.71. The van der Waals surface area contributed by atoms with Gasteiger partial charge in [0.25, 0.3) is 10.0 Å². The summed E-state index contributed by atoms with van der Waals surface area (Å²) in [6, 6.07) is 10.1. The van der Waals surface area contributed by atoms with Gasteiger partial charge in [0.1, 0.15) is 16.4 Å². The van der Waals surface area contributed by atoms with E-state index in [9.17, 15) is 16.8 Å². The van der Waals surface area contributed by atoms with Gasteiger partial charge in [-0.3, -0.25) is 4.72 Å². The van der Waals surface area contributed by atoms with Crippen LogP contribution in [-0.2, 0) is 20.0 Å². The van der Waals surface area contributed by atoms with E-state index < -0.39 is 20.0 Å². The molecule has 1 aliphatic rings.